The zero-order valence-corrected chi connectivity index (χ0v) is 17.8. The Bertz CT molecular complexity index is 1140. The van der Waals surface area contributed by atoms with E-state index in [9.17, 15) is 0 Å². The second kappa shape index (κ2) is 8.51. The van der Waals surface area contributed by atoms with E-state index in [1.165, 1.54) is 5.39 Å². The first-order chi connectivity index (χ1) is 14.5. The highest BCUT2D eigenvalue weighted by Crippen LogP contribution is 2.29. The van der Waals surface area contributed by atoms with Crippen LogP contribution in [0.3, 0.4) is 0 Å². The number of hydrogen-bond donors (Lipinski definition) is 2. The molecule has 2 N–H and O–H groups in total. The van der Waals surface area contributed by atoms with E-state index in [0.717, 1.165) is 41.4 Å². The average molecular weight is 402 g/mol. The summed E-state index contributed by atoms with van der Waals surface area (Å²) in [5.41, 5.74) is 2.00. The Balaban J connectivity index is 1.78. The van der Waals surface area contributed by atoms with Crippen molar-refractivity contribution in [2.45, 2.75) is 6.92 Å². The molecule has 0 saturated carbocycles. The predicted molar refractivity (Wildman–Crippen MR) is 123 cm³/mol. The lowest BCUT2D eigenvalue weighted by Gasteiger charge is -2.22. The van der Waals surface area contributed by atoms with Gasteiger partial charge < -0.3 is 15.1 Å². The summed E-state index contributed by atoms with van der Waals surface area (Å²) in [5.74, 6) is 3.00. The van der Waals surface area contributed by atoms with Crippen molar-refractivity contribution in [3.8, 4) is 11.4 Å². The molecule has 2 heterocycles. The highest BCUT2D eigenvalue weighted by atomic mass is 15.2. The molecule has 2 aromatic carbocycles. The SMILES string of the molecule is Cc1cc(Nc2cc(N(C)CCN(C)C)nc(-c3cccc4ccccc34)n2)n[nH]1. The summed E-state index contributed by atoms with van der Waals surface area (Å²) in [5, 5.41) is 12.9. The monoisotopic (exact) mass is 401 g/mol. The van der Waals surface area contributed by atoms with E-state index >= 15 is 0 Å². The fraction of sp³-hybridized carbons (Fsp3) is 0.261. The van der Waals surface area contributed by atoms with Gasteiger partial charge in [-0.15, -0.1) is 0 Å². The van der Waals surface area contributed by atoms with Crippen molar-refractivity contribution in [1.82, 2.24) is 25.1 Å². The van der Waals surface area contributed by atoms with E-state index < -0.39 is 0 Å². The molecule has 0 spiro atoms. The third-order valence-electron chi connectivity index (χ3n) is 4.98. The molecule has 4 rings (SSSR count). The Morgan fingerprint density at radius 1 is 0.900 bits per heavy atom. The largest absolute Gasteiger partial charge is 0.358 e. The molecule has 0 amide bonds. The van der Waals surface area contributed by atoms with Crippen LogP contribution in [0.25, 0.3) is 22.2 Å². The summed E-state index contributed by atoms with van der Waals surface area (Å²) < 4.78 is 0. The molecule has 4 aromatic rings. The van der Waals surface area contributed by atoms with Crippen LogP contribution in [0.15, 0.2) is 54.6 Å². The number of likely N-dealkylation sites (N-methyl/N-ethyl adjacent to an activating group) is 2. The highest BCUT2D eigenvalue weighted by molar-refractivity contribution is 5.95. The van der Waals surface area contributed by atoms with Crippen molar-refractivity contribution in [3.63, 3.8) is 0 Å². The van der Waals surface area contributed by atoms with E-state index in [1.807, 2.05) is 37.3 Å². The number of aromatic amines is 1. The Labute approximate surface area is 176 Å². The average Bonchev–Trinajstić information content (AvgIpc) is 3.15. The van der Waals surface area contributed by atoms with Crippen LogP contribution >= 0.6 is 0 Å². The maximum Gasteiger partial charge on any atom is 0.164 e. The van der Waals surface area contributed by atoms with Gasteiger partial charge in [0.25, 0.3) is 0 Å². The first-order valence-corrected chi connectivity index (χ1v) is 10.0. The van der Waals surface area contributed by atoms with Gasteiger partial charge in [0.05, 0.1) is 0 Å². The van der Waals surface area contributed by atoms with Gasteiger partial charge in [0.2, 0.25) is 0 Å². The summed E-state index contributed by atoms with van der Waals surface area (Å²) in [7, 11) is 6.20. The van der Waals surface area contributed by atoms with Crippen molar-refractivity contribution >= 4 is 28.2 Å². The molecule has 0 atom stereocenters. The first kappa shape index (κ1) is 19.8. The van der Waals surface area contributed by atoms with Crippen LogP contribution in [-0.2, 0) is 0 Å². The van der Waals surface area contributed by atoms with Gasteiger partial charge in [0.15, 0.2) is 11.6 Å². The van der Waals surface area contributed by atoms with Gasteiger partial charge in [-0.1, -0.05) is 42.5 Å². The summed E-state index contributed by atoms with van der Waals surface area (Å²) in [4.78, 5) is 14.0. The van der Waals surface area contributed by atoms with Crippen LogP contribution in [0.2, 0.25) is 0 Å². The van der Waals surface area contributed by atoms with Crippen LogP contribution in [0, 0.1) is 6.92 Å². The molecule has 0 radical (unpaired) electrons. The zero-order valence-electron chi connectivity index (χ0n) is 17.8. The topological polar surface area (TPSA) is 73.0 Å². The minimum atomic E-state index is 0.691. The Kier molecular flexibility index (Phi) is 5.63. The number of nitrogens with zero attached hydrogens (tertiary/aromatic N) is 5. The summed E-state index contributed by atoms with van der Waals surface area (Å²) in [6.45, 7) is 3.77. The van der Waals surface area contributed by atoms with Crippen molar-refractivity contribution in [1.29, 1.82) is 0 Å². The number of benzene rings is 2. The fourth-order valence-corrected chi connectivity index (χ4v) is 3.31. The molecule has 0 aliphatic rings. The molecule has 0 unspecified atom stereocenters. The minimum absolute atomic E-state index is 0.691. The van der Waals surface area contributed by atoms with Crippen molar-refractivity contribution in [2.24, 2.45) is 0 Å². The molecular formula is C23H27N7. The molecule has 0 aliphatic heterocycles. The van der Waals surface area contributed by atoms with Gasteiger partial charge >= 0.3 is 0 Å². The lowest BCUT2D eigenvalue weighted by atomic mass is 10.0. The molecule has 7 nitrogen and oxygen atoms in total. The molecule has 0 saturated heterocycles. The van der Waals surface area contributed by atoms with Crippen LogP contribution in [-0.4, -0.2) is 59.3 Å². The lowest BCUT2D eigenvalue weighted by Crippen LogP contribution is -2.29. The molecule has 30 heavy (non-hydrogen) atoms. The van der Waals surface area contributed by atoms with E-state index in [0.29, 0.717) is 11.6 Å². The number of fused-ring (bicyclic) bond motifs is 1. The fourth-order valence-electron chi connectivity index (χ4n) is 3.31. The van der Waals surface area contributed by atoms with Crippen LogP contribution in [0.4, 0.5) is 17.5 Å². The zero-order chi connectivity index (χ0) is 21.1. The Morgan fingerprint density at radius 2 is 1.70 bits per heavy atom. The van der Waals surface area contributed by atoms with Gasteiger partial charge in [0, 0.05) is 43.5 Å². The number of aromatic nitrogens is 4. The number of anilines is 3. The number of hydrogen-bond acceptors (Lipinski definition) is 6. The summed E-state index contributed by atoms with van der Waals surface area (Å²) in [6, 6.07) is 18.5. The molecular weight excluding hydrogens is 374 g/mol. The maximum absolute atomic E-state index is 4.91. The Hall–Kier alpha value is -3.45. The quantitative estimate of drug-likeness (QED) is 0.486. The normalized spacial score (nSPS) is 11.2. The predicted octanol–water partition coefficient (Wildman–Crippen LogP) is 4.07. The van der Waals surface area contributed by atoms with Crippen LogP contribution in [0.5, 0.6) is 0 Å². The van der Waals surface area contributed by atoms with Gasteiger partial charge in [-0.05, 0) is 31.8 Å². The van der Waals surface area contributed by atoms with Gasteiger partial charge in [0.1, 0.15) is 11.6 Å². The molecule has 7 heteroatoms. The standard InChI is InChI=1S/C23H27N7/c1-16-14-21(28-27-16)24-20-15-22(30(4)13-12-29(2)3)26-23(25-20)19-11-7-9-17-8-5-6-10-18(17)19/h5-11,14-15H,12-13H2,1-4H3,(H2,24,25,26,27,28). The minimum Gasteiger partial charge on any atom is -0.358 e. The highest BCUT2D eigenvalue weighted by Gasteiger charge is 2.13. The summed E-state index contributed by atoms with van der Waals surface area (Å²) >= 11 is 0. The second-order valence-electron chi connectivity index (χ2n) is 7.75. The summed E-state index contributed by atoms with van der Waals surface area (Å²) in [6.07, 6.45) is 0. The van der Waals surface area contributed by atoms with Crippen LogP contribution < -0.4 is 10.2 Å². The molecule has 2 aromatic heterocycles. The second-order valence-corrected chi connectivity index (χ2v) is 7.75. The lowest BCUT2D eigenvalue weighted by molar-refractivity contribution is 0.416. The molecule has 0 bridgehead atoms. The van der Waals surface area contributed by atoms with Gasteiger partial charge in [-0.2, -0.15) is 5.10 Å². The van der Waals surface area contributed by atoms with Crippen molar-refractivity contribution in [3.05, 3.63) is 60.3 Å². The molecule has 0 aliphatic carbocycles. The van der Waals surface area contributed by atoms with E-state index in [4.69, 9.17) is 9.97 Å². The van der Waals surface area contributed by atoms with Crippen LogP contribution in [0.1, 0.15) is 5.69 Å². The van der Waals surface area contributed by atoms with Crippen molar-refractivity contribution in [2.75, 3.05) is 44.4 Å². The third-order valence-corrected chi connectivity index (χ3v) is 4.98. The number of nitrogens with one attached hydrogen (secondary N) is 2. The Morgan fingerprint density at radius 3 is 2.47 bits per heavy atom. The van der Waals surface area contributed by atoms with E-state index in [1.54, 1.807) is 0 Å². The number of H-pyrrole nitrogens is 1. The number of aryl methyl sites for hydroxylation is 1. The molecule has 154 valence electrons. The first-order valence-electron chi connectivity index (χ1n) is 10.0. The van der Waals surface area contributed by atoms with Crippen molar-refractivity contribution < 1.29 is 0 Å². The van der Waals surface area contributed by atoms with E-state index in [-0.39, 0.29) is 0 Å². The molecule has 0 fully saturated rings. The number of rotatable bonds is 7. The maximum atomic E-state index is 4.91. The van der Waals surface area contributed by atoms with Gasteiger partial charge in [-0.25, -0.2) is 9.97 Å². The van der Waals surface area contributed by atoms with Gasteiger partial charge in [-0.3, -0.25) is 5.10 Å². The third kappa shape index (κ3) is 4.41. The van der Waals surface area contributed by atoms with E-state index in [2.05, 4.69) is 70.7 Å². The smallest absolute Gasteiger partial charge is 0.164 e.